The number of nitriles is 1. The lowest BCUT2D eigenvalue weighted by Gasteiger charge is -2.11. The number of hydrogen-bond acceptors (Lipinski definition) is 5. The fourth-order valence-corrected chi connectivity index (χ4v) is 4.13. The maximum absolute atomic E-state index is 11.1. The first kappa shape index (κ1) is 16.1. The Morgan fingerprint density at radius 3 is 2.62 bits per heavy atom. The second kappa shape index (κ2) is 6.47. The van der Waals surface area contributed by atoms with E-state index in [1.807, 2.05) is 46.3 Å². The number of para-hydroxylation sites is 1. The van der Waals surface area contributed by atoms with Crippen LogP contribution in [0.25, 0.3) is 27.2 Å². The van der Waals surface area contributed by atoms with Crippen LogP contribution in [-0.2, 0) is 6.54 Å². The Kier molecular flexibility index (Phi) is 3.99. The first-order valence-electron chi connectivity index (χ1n) is 7.93. The summed E-state index contributed by atoms with van der Waals surface area (Å²) in [6.45, 7) is 0.0176. The second-order valence-electron chi connectivity index (χ2n) is 5.76. The summed E-state index contributed by atoms with van der Waals surface area (Å²) in [5.74, 6) is 0.176. The van der Waals surface area contributed by atoms with Crippen LogP contribution in [0.15, 0.2) is 65.2 Å². The van der Waals surface area contributed by atoms with E-state index in [2.05, 4.69) is 11.2 Å². The van der Waals surface area contributed by atoms with Crippen LogP contribution < -0.4 is 0 Å². The van der Waals surface area contributed by atoms with Crippen molar-refractivity contribution in [3.8, 4) is 28.1 Å². The number of aromatic nitrogens is 1. The fourth-order valence-electron chi connectivity index (χ4n) is 3.22. The van der Waals surface area contributed by atoms with E-state index in [1.54, 1.807) is 18.2 Å². The molecule has 4 rings (SSSR count). The van der Waals surface area contributed by atoms with Crippen LogP contribution in [0.4, 0.5) is 0 Å². The summed E-state index contributed by atoms with van der Waals surface area (Å²) in [5, 5.41) is 25.0. The third-order valence-electron chi connectivity index (χ3n) is 4.31. The van der Waals surface area contributed by atoms with Crippen LogP contribution in [0.2, 0.25) is 0 Å². The van der Waals surface area contributed by atoms with Gasteiger partial charge in [-0.05, 0) is 41.8 Å². The van der Waals surface area contributed by atoms with Crippen LogP contribution in [0.1, 0.15) is 11.1 Å². The summed E-state index contributed by atoms with van der Waals surface area (Å²) in [7, 11) is 0. The van der Waals surface area contributed by atoms with Crippen molar-refractivity contribution >= 4 is 22.2 Å². The van der Waals surface area contributed by atoms with Crippen molar-refractivity contribution in [2.24, 2.45) is 5.18 Å². The lowest BCUT2D eigenvalue weighted by molar-refractivity contribution is 0.475. The Bertz CT molecular complexity index is 1150. The number of fused-ring (bicyclic) bond motifs is 1. The molecule has 0 radical (unpaired) electrons. The molecular formula is C20H13N3O2S. The van der Waals surface area contributed by atoms with E-state index in [0.717, 1.165) is 32.7 Å². The lowest BCUT2D eigenvalue weighted by Crippen LogP contribution is -1.98. The molecule has 0 aliphatic rings. The van der Waals surface area contributed by atoms with E-state index >= 15 is 0 Å². The van der Waals surface area contributed by atoms with Crippen LogP contribution in [0.5, 0.6) is 5.75 Å². The number of nitrogens with zero attached hydrogens (tertiary/aromatic N) is 3. The molecule has 1 N–H and O–H groups in total. The van der Waals surface area contributed by atoms with Crippen molar-refractivity contribution in [1.82, 2.24) is 4.57 Å². The molecule has 0 spiro atoms. The van der Waals surface area contributed by atoms with Crippen molar-refractivity contribution in [3.63, 3.8) is 0 Å². The summed E-state index contributed by atoms with van der Waals surface area (Å²) >= 11 is 1.46. The molecule has 0 aliphatic carbocycles. The van der Waals surface area contributed by atoms with E-state index in [9.17, 15) is 15.3 Å². The number of hydrogen-bond donors (Lipinski definition) is 1. The van der Waals surface area contributed by atoms with Gasteiger partial charge in [-0.2, -0.15) is 10.2 Å². The molecule has 0 atom stereocenters. The molecule has 2 aromatic carbocycles. The van der Waals surface area contributed by atoms with Crippen molar-refractivity contribution in [2.75, 3.05) is 0 Å². The van der Waals surface area contributed by atoms with Gasteiger partial charge in [-0.3, -0.25) is 0 Å². The number of nitroso groups, excluding NO2 is 1. The van der Waals surface area contributed by atoms with Gasteiger partial charge in [0.15, 0.2) is 0 Å². The molecule has 0 aliphatic heterocycles. The van der Waals surface area contributed by atoms with Gasteiger partial charge in [-0.25, -0.2) is 0 Å². The Morgan fingerprint density at radius 2 is 1.88 bits per heavy atom. The number of rotatable bonds is 4. The molecule has 126 valence electrons. The normalized spacial score (nSPS) is 10.7. The van der Waals surface area contributed by atoms with E-state index in [1.165, 1.54) is 11.3 Å². The summed E-state index contributed by atoms with van der Waals surface area (Å²) in [6, 6.07) is 18.6. The quantitative estimate of drug-likeness (QED) is 0.509. The standard InChI is InChI=1S/C20H13N3O2S/c21-11-13-9-10-26-20(13)19-17(12-22-25)16-3-1-2-4-18(16)23(19)14-5-7-15(24)8-6-14/h1-10,24H,12H2. The molecule has 0 amide bonds. The van der Waals surface area contributed by atoms with E-state index in [-0.39, 0.29) is 12.3 Å². The third-order valence-corrected chi connectivity index (χ3v) is 5.23. The van der Waals surface area contributed by atoms with Crippen molar-refractivity contribution in [1.29, 1.82) is 5.26 Å². The van der Waals surface area contributed by atoms with E-state index < -0.39 is 0 Å². The maximum Gasteiger partial charge on any atom is 0.115 e. The highest BCUT2D eigenvalue weighted by Gasteiger charge is 2.22. The van der Waals surface area contributed by atoms with Crippen LogP contribution in [-0.4, -0.2) is 9.67 Å². The zero-order valence-electron chi connectivity index (χ0n) is 13.6. The predicted octanol–water partition coefficient (Wildman–Crippen LogP) is 5.20. The van der Waals surface area contributed by atoms with Gasteiger partial charge < -0.3 is 9.67 Å². The monoisotopic (exact) mass is 359 g/mol. The predicted molar refractivity (Wildman–Crippen MR) is 102 cm³/mol. The van der Waals surface area contributed by atoms with Crippen molar-refractivity contribution in [2.45, 2.75) is 6.54 Å². The van der Waals surface area contributed by atoms with Crippen LogP contribution in [0.3, 0.4) is 0 Å². The number of thiophene rings is 1. The average Bonchev–Trinajstić information content (AvgIpc) is 3.25. The van der Waals surface area contributed by atoms with Gasteiger partial charge in [-0.15, -0.1) is 11.3 Å². The van der Waals surface area contributed by atoms with Gasteiger partial charge in [0.2, 0.25) is 0 Å². The number of phenolic OH excluding ortho intramolecular Hbond substituents is 1. The Labute approximate surface area is 153 Å². The van der Waals surface area contributed by atoms with Crippen molar-refractivity contribution < 1.29 is 5.11 Å². The molecule has 0 fully saturated rings. The highest BCUT2D eigenvalue weighted by molar-refractivity contribution is 7.13. The van der Waals surface area contributed by atoms with Crippen LogP contribution >= 0.6 is 11.3 Å². The number of phenols is 1. The fraction of sp³-hybridized carbons (Fsp3) is 0.0500. The molecule has 5 nitrogen and oxygen atoms in total. The third kappa shape index (κ3) is 2.46. The zero-order valence-corrected chi connectivity index (χ0v) is 14.4. The van der Waals surface area contributed by atoms with Gasteiger partial charge in [0.25, 0.3) is 0 Å². The molecule has 0 saturated carbocycles. The Hall–Kier alpha value is -3.43. The average molecular weight is 359 g/mol. The van der Waals surface area contributed by atoms with Gasteiger partial charge in [-0.1, -0.05) is 23.4 Å². The highest BCUT2D eigenvalue weighted by atomic mass is 32.1. The summed E-state index contributed by atoms with van der Waals surface area (Å²) in [4.78, 5) is 11.9. The van der Waals surface area contributed by atoms with Gasteiger partial charge >= 0.3 is 0 Å². The molecular weight excluding hydrogens is 346 g/mol. The number of aromatic hydroxyl groups is 1. The van der Waals surface area contributed by atoms with Crippen molar-refractivity contribution in [3.05, 3.63) is 76.0 Å². The van der Waals surface area contributed by atoms with E-state index in [4.69, 9.17) is 0 Å². The molecule has 26 heavy (non-hydrogen) atoms. The molecule has 2 aromatic heterocycles. The summed E-state index contributed by atoms with van der Waals surface area (Å²) in [5.41, 5.74) is 3.91. The minimum absolute atomic E-state index is 0.0176. The topological polar surface area (TPSA) is 78.4 Å². The molecule has 0 bridgehead atoms. The second-order valence-corrected chi connectivity index (χ2v) is 6.67. The van der Waals surface area contributed by atoms with Crippen LogP contribution in [0, 0.1) is 16.2 Å². The smallest absolute Gasteiger partial charge is 0.115 e. The highest BCUT2D eigenvalue weighted by Crippen LogP contribution is 2.40. The molecule has 0 saturated heterocycles. The largest absolute Gasteiger partial charge is 0.508 e. The lowest BCUT2D eigenvalue weighted by atomic mass is 10.1. The Balaban J connectivity index is 2.15. The van der Waals surface area contributed by atoms with Gasteiger partial charge in [0.05, 0.1) is 21.7 Å². The van der Waals surface area contributed by atoms with E-state index in [0.29, 0.717) is 5.56 Å². The Morgan fingerprint density at radius 1 is 1.12 bits per heavy atom. The maximum atomic E-state index is 11.1. The van der Waals surface area contributed by atoms with Gasteiger partial charge in [0.1, 0.15) is 18.4 Å². The van der Waals surface area contributed by atoms with Gasteiger partial charge in [0, 0.05) is 16.6 Å². The molecule has 2 heterocycles. The molecule has 6 heteroatoms. The zero-order chi connectivity index (χ0) is 18.1. The summed E-state index contributed by atoms with van der Waals surface area (Å²) in [6.07, 6.45) is 0. The summed E-state index contributed by atoms with van der Waals surface area (Å²) < 4.78 is 2.02. The molecule has 0 unspecified atom stereocenters. The molecule has 4 aromatic rings. The minimum atomic E-state index is 0.0176. The SMILES string of the molecule is N#Cc1ccsc1-c1c(CN=O)c2ccccc2n1-c1ccc(O)cc1. The first-order chi connectivity index (χ1) is 12.7. The number of benzene rings is 2. The minimum Gasteiger partial charge on any atom is -0.508 e. The first-order valence-corrected chi connectivity index (χ1v) is 8.81.